The molecule has 1 atom stereocenters. The lowest BCUT2D eigenvalue weighted by Gasteiger charge is -2.33. The predicted molar refractivity (Wildman–Crippen MR) is 89.0 cm³/mol. The van der Waals surface area contributed by atoms with Crippen molar-refractivity contribution in [3.8, 4) is 0 Å². The van der Waals surface area contributed by atoms with Crippen LogP contribution >= 0.6 is 12.4 Å². The van der Waals surface area contributed by atoms with Crippen molar-refractivity contribution < 1.29 is 4.79 Å². The van der Waals surface area contributed by atoms with Crippen molar-refractivity contribution in [3.63, 3.8) is 0 Å². The van der Waals surface area contributed by atoms with Gasteiger partial charge in [-0.15, -0.1) is 12.4 Å². The van der Waals surface area contributed by atoms with Crippen molar-refractivity contribution in [1.29, 1.82) is 0 Å². The Hall–Kier alpha value is -1.06. The molecule has 1 aliphatic carbocycles. The van der Waals surface area contributed by atoms with Gasteiger partial charge in [0.15, 0.2) is 0 Å². The smallest absolute Gasteiger partial charge is 0.228 e. The van der Waals surface area contributed by atoms with Gasteiger partial charge in [0, 0.05) is 24.7 Å². The number of hydrogen-bond donors (Lipinski definition) is 1. The van der Waals surface area contributed by atoms with E-state index in [-0.39, 0.29) is 18.3 Å². The SMILES string of the molecule is Cl.O=C(CC1CCCN1)N(CC1CCC1)c1ccccc1. The van der Waals surface area contributed by atoms with Crippen molar-refractivity contribution in [2.24, 2.45) is 5.92 Å². The van der Waals surface area contributed by atoms with E-state index in [4.69, 9.17) is 0 Å². The molecule has 1 saturated heterocycles. The molecule has 1 heterocycles. The first kappa shape index (κ1) is 16.3. The fourth-order valence-electron chi connectivity index (χ4n) is 3.14. The molecular formula is C17H25ClN2O. The highest BCUT2D eigenvalue weighted by Gasteiger charge is 2.27. The number of halogens is 1. The number of rotatable bonds is 5. The fourth-order valence-corrected chi connectivity index (χ4v) is 3.14. The fraction of sp³-hybridized carbons (Fsp3) is 0.588. The minimum absolute atomic E-state index is 0. The second kappa shape index (κ2) is 7.81. The first-order chi connectivity index (χ1) is 9.83. The molecule has 116 valence electrons. The molecule has 1 saturated carbocycles. The lowest BCUT2D eigenvalue weighted by molar-refractivity contribution is -0.119. The summed E-state index contributed by atoms with van der Waals surface area (Å²) in [7, 11) is 0. The summed E-state index contributed by atoms with van der Waals surface area (Å²) in [6.07, 6.45) is 6.85. The molecule has 2 aliphatic rings. The van der Waals surface area contributed by atoms with Crippen LogP contribution < -0.4 is 10.2 Å². The number of nitrogens with zero attached hydrogens (tertiary/aromatic N) is 1. The summed E-state index contributed by atoms with van der Waals surface area (Å²) in [4.78, 5) is 14.7. The van der Waals surface area contributed by atoms with E-state index in [1.807, 2.05) is 23.1 Å². The first-order valence-electron chi connectivity index (χ1n) is 7.92. The lowest BCUT2D eigenvalue weighted by atomic mass is 9.85. The quantitative estimate of drug-likeness (QED) is 0.904. The zero-order valence-corrected chi connectivity index (χ0v) is 13.3. The normalized spacial score (nSPS) is 21.4. The molecule has 0 spiro atoms. The van der Waals surface area contributed by atoms with Gasteiger partial charge in [0.2, 0.25) is 5.91 Å². The van der Waals surface area contributed by atoms with Crippen LogP contribution in [0.25, 0.3) is 0 Å². The van der Waals surface area contributed by atoms with Crippen molar-refractivity contribution in [1.82, 2.24) is 5.32 Å². The molecule has 21 heavy (non-hydrogen) atoms. The van der Waals surface area contributed by atoms with Gasteiger partial charge in [0.05, 0.1) is 0 Å². The Morgan fingerprint density at radius 1 is 1.14 bits per heavy atom. The molecule has 1 N–H and O–H groups in total. The highest BCUT2D eigenvalue weighted by Crippen LogP contribution is 2.29. The number of nitrogens with one attached hydrogen (secondary N) is 1. The van der Waals surface area contributed by atoms with Crippen LogP contribution in [-0.2, 0) is 4.79 Å². The average molecular weight is 309 g/mol. The average Bonchev–Trinajstić information content (AvgIpc) is 2.91. The summed E-state index contributed by atoms with van der Waals surface area (Å²) < 4.78 is 0. The van der Waals surface area contributed by atoms with Gasteiger partial charge < -0.3 is 10.2 Å². The minimum Gasteiger partial charge on any atom is -0.313 e. The summed E-state index contributed by atoms with van der Waals surface area (Å²) in [5, 5.41) is 3.43. The van der Waals surface area contributed by atoms with Gasteiger partial charge in [0.25, 0.3) is 0 Å². The Morgan fingerprint density at radius 3 is 2.48 bits per heavy atom. The Bertz CT molecular complexity index is 441. The zero-order chi connectivity index (χ0) is 13.8. The molecule has 0 bridgehead atoms. The molecule has 0 aromatic heterocycles. The Morgan fingerprint density at radius 2 is 1.90 bits per heavy atom. The standard InChI is InChI=1S/C17H24N2O.ClH/c20-17(12-15-8-5-11-18-15)19(13-14-6-4-7-14)16-9-2-1-3-10-16;/h1-3,9-10,14-15,18H,4-8,11-13H2;1H. The van der Waals surface area contributed by atoms with Crippen molar-refractivity contribution in [3.05, 3.63) is 30.3 Å². The molecular weight excluding hydrogens is 284 g/mol. The molecule has 4 heteroatoms. The van der Waals surface area contributed by atoms with Crippen LogP contribution in [0.3, 0.4) is 0 Å². The second-order valence-electron chi connectivity index (χ2n) is 6.13. The van der Waals surface area contributed by atoms with E-state index in [9.17, 15) is 4.79 Å². The van der Waals surface area contributed by atoms with Crippen molar-refractivity contribution >= 4 is 24.0 Å². The van der Waals surface area contributed by atoms with E-state index >= 15 is 0 Å². The molecule has 3 nitrogen and oxygen atoms in total. The summed E-state index contributed by atoms with van der Waals surface area (Å²) in [6, 6.07) is 10.5. The van der Waals surface area contributed by atoms with E-state index in [1.165, 1.54) is 25.7 Å². The van der Waals surface area contributed by atoms with E-state index < -0.39 is 0 Å². The third-order valence-corrected chi connectivity index (χ3v) is 4.62. The third kappa shape index (κ3) is 4.21. The molecule has 1 aromatic carbocycles. The summed E-state index contributed by atoms with van der Waals surface area (Å²) in [6.45, 7) is 1.96. The summed E-state index contributed by atoms with van der Waals surface area (Å²) in [5.41, 5.74) is 1.06. The molecule has 1 unspecified atom stereocenters. The van der Waals surface area contributed by atoms with Crippen molar-refractivity contribution in [2.75, 3.05) is 18.0 Å². The van der Waals surface area contributed by atoms with E-state index in [0.29, 0.717) is 18.4 Å². The molecule has 0 radical (unpaired) electrons. The molecule has 1 aromatic rings. The van der Waals surface area contributed by atoms with Crippen LogP contribution in [0.15, 0.2) is 30.3 Å². The molecule has 1 aliphatic heterocycles. The second-order valence-corrected chi connectivity index (χ2v) is 6.13. The van der Waals surface area contributed by atoms with Gasteiger partial charge in [-0.05, 0) is 50.3 Å². The van der Waals surface area contributed by atoms with Crippen LogP contribution in [0, 0.1) is 5.92 Å². The maximum atomic E-state index is 12.7. The number of anilines is 1. The summed E-state index contributed by atoms with van der Waals surface area (Å²) >= 11 is 0. The number of benzene rings is 1. The maximum absolute atomic E-state index is 12.7. The molecule has 3 rings (SSSR count). The number of hydrogen-bond acceptors (Lipinski definition) is 2. The topological polar surface area (TPSA) is 32.3 Å². The van der Waals surface area contributed by atoms with Gasteiger partial charge in [-0.2, -0.15) is 0 Å². The largest absolute Gasteiger partial charge is 0.313 e. The van der Waals surface area contributed by atoms with Crippen LogP contribution in [0.1, 0.15) is 38.5 Å². The van der Waals surface area contributed by atoms with Crippen molar-refractivity contribution in [2.45, 2.75) is 44.6 Å². The zero-order valence-electron chi connectivity index (χ0n) is 12.5. The van der Waals surface area contributed by atoms with E-state index in [2.05, 4.69) is 17.4 Å². The maximum Gasteiger partial charge on any atom is 0.228 e. The minimum atomic E-state index is 0. The lowest BCUT2D eigenvalue weighted by Crippen LogP contribution is -2.40. The molecule has 2 fully saturated rings. The first-order valence-corrected chi connectivity index (χ1v) is 7.92. The number of carbonyl (C=O) groups is 1. The number of amides is 1. The van der Waals surface area contributed by atoms with Crippen LogP contribution in [-0.4, -0.2) is 25.0 Å². The van der Waals surface area contributed by atoms with Gasteiger partial charge >= 0.3 is 0 Å². The van der Waals surface area contributed by atoms with E-state index in [1.54, 1.807) is 0 Å². The monoisotopic (exact) mass is 308 g/mol. The highest BCUT2D eigenvalue weighted by molar-refractivity contribution is 5.93. The molecule has 1 amide bonds. The highest BCUT2D eigenvalue weighted by atomic mass is 35.5. The Balaban J connectivity index is 0.00000161. The van der Waals surface area contributed by atoms with E-state index in [0.717, 1.165) is 25.2 Å². The predicted octanol–water partition coefficient (Wildman–Crippen LogP) is 3.38. The Labute approximate surface area is 133 Å². The van der Waals surface area contributed by atoms with Gasteiger partial charge in [0.1, 0.15) is 0 Å². The van der Waals surface area contributed by atoms with Gasteiger partial charge in [-0.25, -0.2) is 0 Å². The summed E-state index contributed by atoms with van der Waals surface area (Å²) in [5.74, 6) is 0.984. The van der Waals surface area contributed by atoms with Crippen LogP contribution in [0.5, 0.6) is 0 Å². The number of carbonyl (C=O) groups excluding carboxylic acids is 1. The van der Waals surface area contributed by atoms with Crippen LogP contribution in [0.4, 0.5) is 5.69 Å². The third-order valence-electron chi connectivity index (χ3n) is 4.62. The van der Waals surface area contributed by atoms with Gasteiger partial charge in [-0.3, -0.25) is 4.79 Å². The van der Waals surface area contributed by atoms with Crippen LogP contribution in [0.2, 0.25) is 0 Å². The number of para-hydroxylation sites is 1. The Kier molecular flexibility index (Phi) is 6.07. The van der Waals surface area contributed by atoms with Gasteiger partial charge in [-0.1, -0.05) is 24.6 Å².